The molecule has 0 rings (SSSR count). The van der Waals surface area contributed by atoms with Gasteiger partial charge in [-0.2, -0.15) is 0 Å². The zero-order valence-electron chi connectivity index (χ0n) is 12.9. The van der Waals surface area contributed by atoms with E-state index in [9.17, 15) is 0 Å². The third-order valence-electron chi connectivity index (χ3n) is 1.76. The van der Waals surface area contributed by atoms with E-state index < -0.39 is 12.3 Å². The highest BCUT2D eigenvalue weighted by Gasteiger charge is 1.93. The fourth-order valence-corrected chi connectivity index (χ4v) is 0.968. The minimum absolute atomic E-state index is 0.522. The summed E-state index contributed by atoms with van der Waals surface area (Å²) in [5, 5.41) is 24.1. The number of aliphatic hydroxyl groups is 2. The lowest BCUT2D eigenvalue weighted by Gasteiger charge is -1.99. The summed E-state index contributed by atoms with van der Waals surface area (Å²) >= 11 is 0. The first-order valence-electron chi connectivity index (χ1n) is 7.05. The van der Waals surface area contributed by atoms with Crippen LogP contribution in [0.1, 0.15) is 66.2 Å². The van der Waals surface area contributed by atoms with E-state index in [4.69, 9.17) is 24.9 Å². The van der Waals surface area contributed by atoms with Crippen LogP contribution in [0.15, 0.2) is 0 Å². The van der Waals surface area contributed by atoms with E-state index in [0.29, 0.717) is 6.42 Å². The molecule has 0 fully saturated rings. The van der Waals surface area contributed by atoms with Crippen molar-refractivity contribution in [1.82, 2.24) is 0 Å². The van der Waals surface area contributed by atoms with Gasteiger partial charge in [0, 0.05) is 20.1 Å². The van der Waals surface area contributed by atoms with Crippen molar-refractivity contribution in [3.63, 3.8) is 0 Å². The molecule has 0 spiro atoms. The summed E-state index contributed by atoms with van der Waals surface area (Å²) in [6, 6.07) is 0. The maximum Gasteiger partial charge on any atom is 0.300 e. The summed E-state index contributed by atoms with van der Waals surface area (Å²) in [5.74, 6) is -0.833. The predicted octanol–water partition coefficient (Wildman–Crippen LogP) is 2.79. The number of aliphatic hydroxyl groups excluding tert-OH is 1. The highest BCUT2D eigenvalue weighted by atomic mass is 16.5. The van der Waals surface area contributed by atoms with Crippen molar-refractivity contribution in [2.75, 3.05) is 13.2 Å². The standard InChI is InChI=1S/C6H14O2.C6H14O.C2H4O2/c1-2-3-4-5-6(7)8;1-3-5-7-6-4-2;1-2(3)4/h6-8H,2-5H2,1H3;3-6H2,1-2H3;1H3,(H,3,4). The molecule has 0 aliphatic carbocycles. The molecule has 0 amide bonds. The molecule has 19 heavy (non-hydrogen) atoms. The molecule has 0 saturated heterocycles. The lowest BCUT2D eigenvalue weighted by atomic mass is 10.2. The van der Waals surface area contributed by atoms with Crippen LogP contribution in [-0.2, 0) is 9.53 Å². The highest BCUT2D eigenvalue weighted by molar-refractivity contribution is 5.62. The van der Waals surface area contributed by atoms with E-state index in [-0.39, 0.29) is 0 Å². The Hall–Kier alpha value is -0.650. The molecule has 0 aromatic carbocycles. The number of carboxylic acid groups (broad SMARTS) is 1. The van der Waals surface area contributed by atoms with E-state index in [2.05, 4.69) is 20.8 Å². The van der Waals surface area contributed by atoms with Gasteiger partial charge in [-0.1, -0.05) is 33.6 Å². The first-order chi connectivity index (χ1) is 8.92. The number of hydrogen-bond donors (Lipinski definition) is 3. The number of carbonyl (C=O) groups is 1. The fraction of sp³-hybridized carbons (Fsp3) is 0.929. The van der Waals surface area contributed by atoms with Gasteiger partial charge in [0.05, 0.1) is 0 Å². The second kappa shape index (κ2) is 22.5. The highest BCUT2D eigenvalue weighted by Crippen LogP contribution is 1.99. The second-order valence-corrected chi connectivity index (χ2v) is 4.11. The molecule has 118 valence electrons. The molecule has 0 radical (unpaired) electrons. The van der Waals surface area contributed by atoms with Crippen LogP contribution < -0.4 is 0 Å². The third-order valence-corrected chi connectivity index (χ3v) is 1.76. The van der Waals surface area contributed by atoms with Crippen molar-refractivity contribution in [2.24, 2.45) is 0 Å². The largest absolute Gasteiger partial charge is 0.481 e. The number of unbranched alkanes of at least 4 members (excludes halogenated alkanes) is 2. The summed E-state index contributed by atoms with van der Waals surface area (Å²) in [6.45, 7) is 9.26. The molecule has 5 nitrogen and oxygen atoms in total. The van der Waals surface area contributed by atoms with E-state index >= 15 is 0 Å². The number of aliphatic carboxylic acids is 1. The normalized spacial score (nSPS) is 9.21. The Morgan fingerprint density at radius 1 is 1.00 bits per heavy atom. The Labute approximate surface area is 117 Å². The molecular formula is C14H32O5. The first kappa shape index (κ1) is 23.4. The van der Waals surface area contributed by atoms with Crippen molar-refractivity contribution >= 4 is 5.97 Å². The van der Waals surface area contributed by atoms with Crippen molar-refractivity contribution in [2.45, 2.75) is 72.5 Å². The molecule has 5 heteroatoms. The number of ether oxygens (including phenoxy) is 1. The van der Waals surface area contributed by atoms with E-state index in [1.54, 1.807) is 0 Å². The van der Waals surface area contributed by atoms with Crippen LogP contribution in [0.5, 0.6) is 0 Å². The van der Waals surface area contributed by atoms with Crippen LogP contribution >= 0.6 is 0 Å². The van der Waals surface area contributed by atoms with Crippen LogP contribution in [0, 0.1) is 0 Å². The molecule has 0 atom stereocenters. The van der Waals surface area contributed by atoms with Gasteiger partial charge in [-0.15, -0.1) is 0 Å². The summed E-state index contributed by atoms with van der Waals surface area (Å²) in [5.41, 5.74) is 0. The summed E-state index contributed by atoms with van der Waals surface area (Å²) in [7, 11) is 0. The fourth-order valence-electron chi connectivity index (χ4n) is 0.968. The van der Waals surface area contributed by atoms with E-state index in [1.165, 1.54) is 0 Å². The quantitative estimate of drug-likeness (QED) is 0.470. The van der Waals surface area contributed by atoms with Crippen molar-refractivity contribution in [3.8, 4) is 0 Å². The number of rotatable bonds is 8. The summed E-state index contributed by atoms with van der Waals surface area (Å²) < 4.78 is 5.13. The Bertz CT molecular complexity index is 152. The minimum Gasteiger partial charge on any atom is -0.481 e. The van der Waals surface area contributed by atoms with Crippen LogP contribution in [0.2, 0.25) is 0 Å². The van der Waals surface area contributed by atoms with Gasteiger partial charge in [0.25, 0.3) is 5.97 Å². The molecule has 0 bridgehead atoms. The van der Waals surface area contributed by atoms with Gasteiger partial charge in [-0.05, 0) is 25.7 Å². The van der Waals surface area contributed by atoms with Crippen molar-refractivity contribution in [3.05, 3.63) is 0 Å². The Balaban J connectivity index is -0.000000214. The lowest BCUT2D eigenvalue weighted by Crippen LogP contribution is -2.02. The second-order valence-electron chi connectivity index (χ2n) is 4.11. The van der Waals surface area contributed by atoms with Crippen LogP contribution in [0.25, 0.3) is 0 Å². The van der Waals surface area contributed by atoms with Gasteiger partial charge < -0.3 is 20.1 Å². The molecule has 0 aromatic heterocycles. The van der Waals surface area contributed by atoms with E-state index in [0.717, 1.165) is 52.2 Å². The monoisotopic (exact) mass is 280 g/mol. The minimum atomic E-state index is -1.10. The Morgan fingerprint density at radius 3 is 1.68 bits per heavy atom. The molecule has 0 heterocycles. The van der Waals surface area contributed by atoms with Gasteiger partial charge in [-0.3, -0.25) is 4.79 Å². The van der Waals surface area contributed by atoms with Gasteiger partial charge >= 0.3 is 0 Å². The molecular weight excluding hydrogens is 248 g/mol. The van der Waals surface area contributed by atoms with Gasteiger partial charge in [0.15, 0.2) is 6.29 Å². The SMILES string of the molecule is CC(=O)O.CCCCCC(O)O.CCCOCCC. The zero-order chi connectivity index (χ0) is 15.5. The summed E-state index contributed by atoms with van der Waals surface area (Å²) in [4.78, 5) is 9.00. The molecule has 0 aliphatic rings. The average Bonchev–Trinajstić information content (AvgIpc) is 2.30. The Morgan fingerprint density at radius 2 is 1.42 bits per heavy atom. The molecule has 0 aromatic rings. The average molecular weight is 280 g/mol. The molecule has 3 N–H and O–H groups in total. The molecule has 0 unspecified atom stereocenters. The smallest absolute Gasteiger partial charge is 0.300 e. The van der Waals surface area contributed by atoms with E-state index in [1.807, 2.05) is 0 Å². The topological polar surface area (TPSA) is 87.0 Å². The maximum atomic E-state index is 9.00. The van der Waals surface area contributed by atoms with Crippen LogP contribution in [0.4, 0.5) is 0 Å². The van der Waals surface area contributed by atoms with Crippen LogP contribution in [-0.4, -0.2) is 40.8 Å². The molecule has 0 saturated carbocycles. The first-order valence-corrected chi connectivity index (χ1v) is 7.05. The van der Waals surface area contributed by atoms with Gasteiger partial charge in [-0.25, -0.2) is 0 Å². The Kier molecular flexibility index (Phi) is 27.8. The van der Waals surface area contributed by atoms with Crippen LogP contribution in [0.3, 0.4) is 0 Å². The zero-order valence-corrected chi connectivity index (χ0v) is 12.9. The van der Waals surface area contributed by atoms with Crippen molar-refractivity contribution < 1.29 is 24.9 Å². The lowest BCUT2D eigenvalue weighted by molar-refractivity contribution is -0.134. The van der Waals surface area contributed by atoms with Crippen molar-refractivity contribution in [1.29, 1.82) is 0 Å². The number of hydrogen-bond acceptors (Lipinski definition) is 4. The maximum absolute atomic E-state index is 9.00. The van der Waals surface area contributed by atoms with Gasteiger partial charge in [0.2, 0.25) is 0 Å². The third kappa shape index (κ3) is 58.6. The molecule has 0 aliphatic heterocycles. The number of carboxylic acids is 1. The van der Waals surface area contributed by atoms with Gasteiger partial charge in [0.1, 0.15) is 0 Å². The predicted molar refractivity (Wildman–Crippen MR) is 77.1 cm³/mol. The summed E-state index contributed by atoms with van der Waals surface area (Å²) in [6.07, 6.45) is 4.85.